The number of hydrogen-bond acceptors (Lipinski definition) is 4. The first-order valence-corrected chi connectivity index (χ1v) is 8.10. The number of hydrogen-bond donors (Lipinski definition) is 0. The molecule has 1 aliphatic rings. The van der Waals surface area contributed by atoms with Crippen LogP contribution in [0.15, 0.2) is 52.9 Å². The normalized spacial score (nSPS) is 13.4. The number of nitrogens with zero attached hydrogens (tertiary/aromatic N) is 2. The van der Waals surface area contributed by atoms with Crippen LogP contribution in [0.25, 0.3) is 11.5 Å². The first kappa shape index (κ1) is 15.6. The Morgan fingerprint density at radius 3 is 2.36 bits per heavy atom. The van der Waals surface area contributed by atoms with Gasteiger partial charge in [0.05, 0.1) is 17.7 Å². The van der Waals surface area contributed by atoms with Gasteiger partial charge in [-0.3, -0.25) is 14.5 Å². The highest BCUT2D eigenvalue weighted by molar-refractivity contribution is 6.30. The third kappa shape index (κ3) is 2.62. The van der Waals surface area contributed by atoms with Crippen LogP contribution in [0.2, 0.25) is 5.02 Å². The summed E-state index contributed by atoms with van der Waals surface area (Å²) in [7, 11) is 0. The molecule has 1 aliphatic heterocycles. The lowest BCUT2D eigenvalue weighted by Crippen LogP contribution is -2.29. The van der Waals surface area contributed by atoms with Crippen LogP contribution in [-0.2, 0) is 6.54 Å². The predicted octanol–water partition coefficient (Wildman–Crippen LogP) is 4.10. The molecule has 1 aromatic heterocycles. The minimum Gasteiger partial charge on any atom is -0.441 e. The van der Waals surface area contributed by atoms with Crippen LogP contribution >= 0.6 is 11.6 Å². The van der Waals surface area contributed by atoms with Crippen molar-refractivity contribution in [1.82, 2.24) is 9.88 Å². The molecule has 124 valence electrons. The summed E-state index contributed by atoms with van der Waals surface area (Å²) in [6.45, 7) is 1.83. The number of carbonyl (C=O) groups is 2. The molecule has 6 heteroatoms. The number of oxazole rings is 1. The van der Waals surface area contributed by atoms with Crippen molar-refractivity contribution in [2.24, 2.45) is 0 Å². The van der Waals surface area contributed by atoms with Gasteiger partial charge >= 0.3 is 0 Å². The third-order valence-corrected chi connectivity index (χ3v) is 4.39. The number of rotatable bonds is 3. The Hall–Kier alpha value is -2.92. The third-order valence-electron chi connectivity index (χ3n) is 4.15. The van der Waals surface area contributed by atoms with Gasteiger partial charge in [0.25, 0.3) is 11.8 Å². The largest absolute Gasteiger partial charge is 0.441 e. The van der Waals surface area contributed by atoms with Crippen LogP contribution in [0.4, 0.5) is 0 Å². The van der Waals surface area contributed by atoms with Crippen LogP contribution in [0.5, 0.6) is 0 Å². The van der Waals surface area contributed by atoms with Gasteiger partial charge in [-0.15, -0.1) is 0 Å². The molecule has 0 spiro atoms. The Morgan fingerprint density at radius 2 is 1.72 bits per heavy atom. The van der Waals surface area contributed by atoms with Crippen LogP contribution in [0.3, 0.4) is 0 Å². The minimum atomic E-state index is -0.313. The zero-order valence-corrected chi connectivity index (χ0v) is 14.1. The summed E-state index contributed by atoms with van der Waals surface area (Å²) >= 11 is 6.00. The number of halogens is 1. The van der Waals surface area contributed by atoms with Crippen molar-refractivity contribution >= 4 is 23.4 Å². The first-order valence-electron chi connectivity index (χ1n) is 7.72. The summed E-state index contributed by atoms with van der Waals surface area (Å²) in [5, 5.41) is 0.579. The molecule has 0 unspecified atom stereocenters. The lowest BCUT2D eigenvalue weighted by molar-refractivity contribution is 0.0640. The van der Waals surface area contributed by atoms with Crippen LogP contribution in [-0.4, -0.2) is 21.7 Å². The molecule has 0 radical (unpaired) electrons. The topological polar surface area (TPSA) is 63.4 Å². The molecule has 0 bridgehead atoms. The van der Waals surface area contributed by atoms with E-state index in [0.717, 1.165) is 5.56 Å². The highest BCUT2D eigenvalue weighted by atomic mass is 35.5. The Labute approximate surface area is 148 Å². The van der Waals surface area contributed by atoms with Crippen LogP contribution < -0.4 is 0 Å². The lowest BCUT2D eigenvalue weighted by Gasteiger charge is -2.11. The molecule has 0 saturated heterocycles. The number of aryl methyl sites for hydroxylation is 1. The summed E-state index contributed by atoms with van der Waals surface area (Å²) < 4.78 is 5.69. The van der Waals surface area contributed by atoms with Gasteiger partial charge in [0.15, 0.2) is 0 Å². The van der Waals surface area contributed by atoms with E-state index < -0.39 is 0 Å². The monoisotopic (exact) mass is 352 g/mol. The maximum atomic E-state index is 12.5. The van der Waals surface area contributed by atoms with Gasteiger partial charge < -0.3 is 4.42 Å². The maximum absolute atomic E-state index is 12.5. The number of amides is 2. The second kappa shape index (κ2) is 5.86. The van der Waals surface area contributed by atoms with Crippen molar-refractivity contribution in [3.8, 4) is 11.5 Å². The number of carbonyl (C=O) groups excluding carboxylic acids is 2. The quantitative estimate of drug-likeness (QED) is 0.666. The van der Waals surface area contributed by atoms with Crippen molar-refractivity contribution in [2.45, 2.75) is 13.5 Å². The zero-order chi connectivity index (χ0) is 17.6. The van der Waals surface area contributed by atoms with Crippen molar-refractivity contribution < 1.29 is 14.0 Å². The molecular formula is C19H13ClN2O3. The van der Waals surface area contributed by atoms with Gasteiger partial charge in [0, 0.05) is 10.6 Å². The summed E-state index contributed by atoms with van der Waals surface area (Å²) in [5.74, 6) is 0.345. The van der Waals surface area contributed by atoms with Crippen molar-refractivity contribution in [3.05, 3.63) is 76.1 Å². The van der Waals surface area contributed by atoms with E-state index in [1.165, 1.54) is 4.90 Å². The van der Waals surface area contributed by atoms with E-state index in [-0.39, 0.29) is 18.4 Å². The molecule has 0 fully saturated rings. The predicted molar refractivity (Wildman–Crippen MR) is 92.3 cm³/mol. The Bertz CT molecular complexity index is 974. The van der Waals surface area contributed by atoms with Gasteiger partial charge in [-0.05, 0) is 37.3 Å². The van der Waals surface area contributed by atoms with E-state index in [0.29, 0.717) is 33.5 Å². The summed E-state index contributed by atoms with van der Waals surface area (Å²) in [5.41, 5.74) is 2.13. The van der Waals surface area contributed by atoms with Crippen molar-refractivity contribution in [1.29, 1.82) is 0 Å². The highest BCUT2D eigenvalue weighted by Gasteiger charge is 2.36. The molecule has 4 rings (SSSR count). The Kier molecular flexibility index (Phi) is 3.66. The second-order valence-electron chi connectivity index (χ2n) is 5.77. The van der Waals surface area contributed by atoms with E-state index in [1.807, 2.05) is 6.07 Å². The van der Waals surface area contributed by atoms with Gasteiger partial charge in [-0.2, -0.15) is 0 Å². The fourth-order valence-electron chi connectivity index (χ4n) is 2.85. The fraction of sp³-hybridized carbons (Fsp3) is 0.105. The molecule has 5 nitrogen and oxygen atoms in total. The molecule has 2 aromatic carbocycles. The van der Waals surface area contributed by atoms with E-state index in [1.54, 1.807) is 49.4 Å². The summed E-state index contributed by atoms with van der Waals surface area (Å²) in [6, 6.07) is 14.0. The summed E-state index contributed by atoms with van der Waals surface area (Å²) in [6.07, 6.45) is 0. The van der Waals surface area contributed by atoms with E-state index >= 15 is 0 Å². The molecular weight excluding hydrogens is 340 g/mol. The van der Waals surface area contributed by atoms with E-state index in [9.17, 15) is 9.59 Å². The molecule has 2 amide bonds. The highest BCUT2D eigenvalue weighted by Crippen LogP contribution is 2.28. The number of imide groups is 1. The minimum absolute atomic E-state index is 0.0717. The molecule has 2 heterocycles. The fourth-order valence-corrected chi connectivity index (χ4v) is 3.04. The molecule has 0 aliphatic carbocycles. The Balaban J connectivity index is 1.65. The van der Waals surface area contributed by atoms with Crippen molar-refractivity contribution in [2.75, 3.05) is 0 Å². The molecule has 0 atom stereocenters. The van der Waals surface area contributed by atoms with E-state index in [4.69, 9.17) is 16.0 Å². The van der Waals surface area contributed by atoms with Gasteiger partial charge in [0.1, 0.15) is 11.5 Å². The molecule has 0 N–H and O–H groups in total. The molecule has 25 heavy (non-hydrogen) atoms. The summed E-state index contributed by atoms with van der Waals surface area (Å²) in [4.78, 5) is 30.6. The lowest BCUT2D eigenvalue weighted by atomic mass is 10.1. The smallest absolute Gasteiger partial charge is 0.261 e. The number of aromatic nitrogens is 1. The van der Waals surface area contributed by atoms with Gasteiger partial charge in [0.2, 0.25) is 5.89 Å². The zero-order valence-electron chi connectivity index (χ0n) is 13.3. The second-order valence-corrected chi connectivity index (χ2v) is 6.21. The molecule has 0 saturated carbocycles. The average molecular weight is 353 g/mol. The SMILES string of the molecule is Cc1oc(-c2cccc(Cl)c2)nc1CN1C(=O)c2ccccc2C1=O. The van der Waals surface area contributed by atoms with Crippen LogP contribution in [0, 0.1) is 6.92 Å². The average Bonchev–Trinajstić information content (AvgIpc) is 3.09. The van der Waals surface area contributed by atoms with Crippen molar-refractivity contribution in [3.63, 3.8) is 0 Å². The van der Waals surface area contributed by atoms with Gasteiger partial charge in [-0.25, -0.2) is 4.98 Å². The standard InChI is InChI=1S/C19H13ClN2O3/c1-11-16(21-17(25-11)12-5-4-6-13(20)9-12)10-22-18(23)14-7-2-3-8-15(14)19(22)24/h2-9H,10H2,1H3. The Morgan fingerprint density at radius 1 is 1.04 bits per heavy atom. The number of benzene rings is 2. The van der Waals surface area contributed by atoms with Crippen LogP contribution in [0.1, 0.15) is 32.2 Å². The van der Waals surface area contributed by atoms with Gasteiger partial charge in [-0.1, -0.05) is 29.8 Å². The van der Waals surface area contributed by atoms with E-state index in [2.05, 4.69) is 4.98 Å². The maximum Gasteiger partial charge on any atom is 0.261 e. The molecule has 3 aromatic rings. The number of fused-ring (bicyclic) bond motifs is 1. The first-order chi connectivity index (χ1) is 12.0.